The van der Waals surface area contributed by atoms with Crippen LogP contribution in [0.4, 0.5) is 0 Å². The van der Waals surface area contributed by atoms with E-state index in [1.165, 1.54) is 25.7 Å². The Kier molecular flexibility index (Phi) is 4.91. The molecule has 0 unspecified atom stereocenters. The fourth-order valence-corrected chi connectivity index (χ4v) is 3.99. The molecule has 1 amide bonds. The van der Waals surface area contributed by atoms with Crippen LogP contribution in [0, 0.1) is 0 Å². The lowest BCUT2D eigenvalue weighted by Crippen LogP contribution is -2.27. The first-order chi connectivity index (χ1) is 12.7. The third-order valence-electron chi connectivity index (χ3n) is 5.50. The molecule has 4 rings (SSSR count). The van der Waals surface area contributed by atoms with Gasteiger partial charge >= 0.3 is 0 Å². The minimum absolute atomic E-state index is 0.261. The van der Waals surface area contributed by atoms with E-state index >= 15 is 0 Å². The molecule has 138 valence electrons. The number of methoxy groups -OCH3 is 1. The molecule has 0 radical (unpaired) electrons. The van der Waals surface area contributed by atoms with Gasteiger partial charge in [-0.05, 0) is 43.5 Å². The second-order valence-electron chi connectivity index (χ2n) is 7.21. The van der Waals surface area contributed by atoms with Crippen molar-refractivity contribution in [2.45, 2.75) is 50.9 Å². The molecule has 6 heteroatoms. The second kappa shape index (κ2) is 7.48. The Morgan fingerprint density at radius 2 is 1.92 bits per heavy atom. The number of nitrogens with zero attached hydrogens (tertiary/aromatic N) is 4. The zero-order valence-corrected chi connectivity index (χ0v) is 15.4. The maximum Gasteiger partial charge on any atom is 0.222 e. The monoisotopic (exact) mass is 354 g/mol. The van der Waals surface area contributed by atoms with Gasteiger partial charge in [-0.3, -0.25) is 4.79 Å². The summed E-state index contributed by atoms with van der Waals surface area (Å²) in [5.74, 6) is 3.46. The molecule has 1 saturated carbocycles. The van der Waals surface area contributed by atoms with Crippen molar-refractivity contribution in [3.8, 4) is 11.4 Å². The Balaban J connectivity index is 1.59. The molecule has 0 bridgehead atoms. The second-order valence-corrected chi connectivity index (χ2v) is 7.21. The summed E-state index contributed by atoms with van der Waals surface area (Å²) in [4.78, 5) is 18.7. The largest absolute Gasteiger partial charge is 0.497 e. The van der Waals surface area contributed by atoms with Crippen LogP contribution in [0.15, 0.2) is 24.3 Å². The standard InChI is InChI=1S/C20H26N4O2/c1-26-17-10-8-16(9-11-17)24-18(12-14-23-13-4-7-19(23)25)21-20(22-24)15-5-2-3-6-15/h8-11,15H,2-7,12-14H2,1H3. The summed E-state index contributed by atoms with van der Waals surface area (Å²) in [5, 5.41) is 4.84. The molecule has 1 saturated heterocycles. The van der Waals surface area contributed by atoms with Gasteiger partial charge in [0.25, 0.3) is 0 Å². The number of rotatable bonds is 6. The number of likely N-dealkylation sites (tertiary alicyclic amines) is 1. The fourth-order valence-electron chi connectivity index (χ4n) is 3.99. The van der Waals surface area contributed by atoms with E-state index in [9.17, 15) is 4.79 Å². The Bertz CT molecular complexity index is 763. The average Bonchev–Trinajstić information content (AvgIpc) is 3.41. The molecule has 0 N–H and O–H groups in total. The maximum absolute atomic E-state index is 11.9. The van der Waals surface area contributed by atoms with Gasteiger partial charge < -0.3 is 9.64 Å². The SMILES string of the molecule is COc1ccc(-n2nc(C3CCCC3)nc2CCN2CCCC2=O)cc1. The summed E-state index contributed by atoms with van der Waals surface area (Å²) in [7, 11) is 1.67. The molecule has 2 aliphatic rings. The lowest BCUT2D eigenvalue weighted by Gasteiger charge is -2.15. The van der Waals surface area contributed by atoms with Gasteiger partial charge in [-0.2, -0.15) is 5.10 Å². The number of amides is 1. The number of ether oxygens (including phenoxy) is 1. The highest BCUT2D eigenvalue weighted by molar-refractivity contribution is 5.78. The third-order valence-corrected chi connectivity index (χ3v) is 5.50. The molecule has 2 heterocycles. The summed E-state index contributed by atoms with van der Waals surface area (Å²) in [5.41, 5.74) is 0.991. The smallest absolute Gasteiger partial charge is 0.222 e. The van der Waals surface area contributed by atoms with Crippen molar-refractivity contribution in [1.29, 1.82) is 0 Å². The first-order valence-corrected chi connectivity index (χ1v) is 9.62. The van der Waals surface area contributed by atoms with Crippen LogP contribution in [-0.4, -0.2) is 45.8 Å². The first-order valence-electron chi connectivity index (χ1n) is 9.62. The molecule has 1 aromatic carbocycles. The van der Waals surface area contributed by atoms with E-state index in [-0.39, 0.29) is 5.91 Å². The van der Waals surface area contributed by atoms with E-state index < -0.39 is 0 Å². The van der Waals surface area contributed by atoms with Gasteiger partial charge in [0.05, 0.1) is 12.8 Å². The first kappa shape index (κ1) is 17.1. The highest BCUT2D eigenvalue weighted by atomic mass is 16.5. The minimum atomic E-state index is 0.261. The van der Waals surface area contributed by atoms with Crippen molar-refractivity contribution in [1.82, 2.24) is 19.7 Å². The molecule has 2 fully saturated rings. The normalized spacial score (nSPS) is 18.0. The van der Waals surface area contributed by atoms with E-state index in [1.54, 1.807) is 7.11 Å². The van der Waals surface area contributed by atoms with Crippen LogP contribution in [0.5, 0.6) is 5.75 Å². The molecule has 6 nitrogen and oxygen atoms in total. The molecule has 26 heavy (non-hydrogen) atoms. The lowest BCUT2D eigenvalue weighted by atomic mass is 10.1. The van der Waals surface area contributed by atoms with Crippen LogP contribution < -0.4 is 4.74 Å². The van der Waals surface area contributed by atoms with Crippen molar-refractivity contribution in [3.05, 3.63) is 35.9 Å². The number of benzene rings is 1. The van der Waals surface area contributed by atoms with Gasteiger partial charge in [0.15, 0.2) is 5.82 Å². The van der Waals surface area contributed by atoms with Crippen molar-refractivity contribution in [2.24, 2.45) is 0 Å². The van der Waals surface area contributed by atoms with Crippen LogP contribution in [0.25, 0.3) is 5.69 Å². The van der Waals surface area contributed by atoms with Gasteiger partial charge in [-0.1, -0.05) is 12.8 Å². The van der Waals surface area contributed by atoms with Crippen molar-refractivity contribution >= 4 is 5.91 Å². The highest BCUT2D eigenvalue weighted by Crippen LogP contribution is 2.32. The molecule has 1 aliphatic heterocycles. The molecule has 1 aromatic heterocycles. The maximum atomic E-state index is 11.9. The van der Waals surface area contributed by atoms with E-state index in [0.29, 0.717) is 12.3 Å². The lowest BCUT2D eigenvalue weighted by molar-refractivity contribution is -0.127. The summed E-state index contributed by atoms with van der Waals surface area (Å²) >= 11 is 0. The summed E-state index contributed by atoms with van der Waals surface area (Å²) < 4.78 is 7.21. The van der Waals surface area contributed by atoms with Crippen LogP contribution in [0.3, 0.4) is 0 Å². The van der Waals surface area contributed by atoms with Crippen molar-refractivity contribution in [2.75, 3.05) is 20.2 Å². The van der Waals surface area contributed by atoms with Crippen molar-refractivity contribution in [3.63, 3.8) is 0 Å². The Hall–Kier alpha value is -2.37. The molecule has 0 atom stereocenters. The van der Waals surface area contributed by atoms with E-state index in [2.05, 4.69) is 0 Å². The van der Waals surface area contributed by atoms with Crippen molar-refractivity contribution < 1.29 is 9.53 Å². The van der Waals surface area contributed by atoms with Crippen LogP contribution in [0.1, 0.15) is 56.1 Å². The Morgan fingerprint density at radius 1 is 1.15 bits per heavy atom. The molecule has 2 aromatic rings. The topological polar surface area (TPSA) is 60.2 Å². The molecular weight excluding hydrogens is 328 g/mol. The Morgan fingerprint density at radius 3 is 2.58 bits per heavy atom. The molecular formula is C20H26N4O2. The summed E-state index contributed by atoms with van der Waals surface area (Å²) in [6, 6.07) is 7.91. The van der Waals surface area contributed by atoms with Gasteiger partial charge in [-0.15, -0.1) is 0 Å². The minimum Gasteiger partial charge on any atom is -0.497 e. The highest BCUT2D eigenvalue weighted by Gasteiger charge is 2.25. The quantitative estimate of drug-likeness (QED) is 0.800. The molecule has 1 aliphatic carbocycles. The summed E-state index contributed by atoms with van der Waals surface area (Å²) in [6.45, 7) is 1.59. The van der Waals surface area contributed by atoms with Crippen LogP contribution in [0.2, 0.25) is 0 Å². The Labute approximate surface area is 154 Å². The number of aromatic nitrogens is 3. The van der Waals surface area contributed by atoms with E-state index in [4.69, 9.17) is 14.8 Å². The third kappa shape index (κ3) is 3.45. The predicted molar refractivity (Wildman–Crippen MR) is 98.6 cm³/mol. The predicted octanol–water partition coefficient (Wildman–Crippen LogP) is 3.10. The van der Waals surface area contributed by atoms with Gasteiger partial charge in [0.1, 0.15) is 11.6 Å². The molecule has 0 spiro atoms. The number of hydrogen-bond acceptors (Lipinski definition) is 4. The number of carbonyl (C=O) groups is 1. The fraction of sp³-hybridized carbons (Fsp3) is 0.550. The zero-order chi connectivity index (χ0) is 17.9. The van der Waals surface area contributed by atoms with Crippen LogP contribution in [-0.2, 0) is 11.2 Å². The number of carbonyl (C=O) groups excluding carboxylic acids is 1. The van der Waals surface area contributed by atoms with E-state index in [0.717, 1.165) is 49.0 Å². The van der Waals surface area contributed by atoms with Gasteiger partial charge in [-0.25, -0.2) is 9.67 Å². The van der Waals surface area contributed by atoms with Crippen LogP contribution >= 0.6 is 0 Å². The summed E-state index contributed by atoms with van der Waals surface area (Å²) in [6.07, 6.45) is 7.26. The average molecular weight is 354 g/mol. The van der Waals surface area contributed by atoms with Gasteiger partial charge in [0.2, 0.25) is 5.91 Å². The number of hydrogen-bond donors (Lipinski definition) is 0. The zero-order valence-electron chi connectivity index (χ0n) is 15.4. The van der Waals surface area contributed by atoms with Gasteiger partial charge in [0, 0.05) is 31.8 Å². The van der Waals surface area contributed by atoms with E-state index in [1.807, 2.05) is 33.8 Å².